The van der Waals surface area contributed by atoms with E-state index >= 15 is 4.39 Å². The van der Waals surface area contributed by atoms with Crippen LogP contribution in [0.15, 0.2) is 60.7 Å². The van der Waals surface area contributed by atoms with Gasteiger partial charge in [-0.25, -0.2) is 4.39 Å². The molecule has 0 spiro atoms. The molecule has 3 heteroatoms. The Hall–Kier alpha value is -2.68. The van der Waals surface area contributed by atoms with E-state index in [1.165, 1.54) is 49.8 Å². The Bertz CT molecular complexity index is 1140. The molecule has 1 aliphatic rings. The lowest BCUT2D eigenvalue weighted by Gasteiger charge is -2.29. The minimum absolute atomic E-state index is 0.0932. The normalized spacial score (nSPS) is 17.9. The molecular formula is C33H43FN2. The molecule has 0 bridgehead atoms. The zero-order chi connectivity index (χ0) is 25.5. The van der Waals surface area contributed by atoms with Gasteiger partial charge in [-0.3, -0.25) is 4.68 Å². The van der Waals surface area contributed by atoms with Crippen molar-refractivity contribution in [3.63, 3.8) is 0 Å². The van der Waals surface area contributed by atoms with E-state index in [1.54, 1.807) is 0 Å². The van der Waals surface area contributed by atoms with Gasteiger partial charge < -0.3 is 0 Å². The molecule has 0 saturated heterocycles. The van der Waals surface area contributed by atoms with E-state index in [0.29, 0.717) is 17.9 Å². The summed E-state index contributed by atoms with van der Waals surface area (Å²) < 4.78 is 17.9. The van der Waals surface area contributed by atoms with Crippen molar-refractivity contribution in [2.45, 2.75) is 91.5 Å². The third-order valence-corrected chi connectivity index (χ3v) is 7.93. The molecule has 36 heavy (non-hydrogen) atoms. The Balaban J connectivity index is 1.64. The highest BCUT2D eigenvalue weighted by Gasteiger charge is 2.26. The number of nitrogens with zero attached hydrogens (tertiary/aromatic N) is 2. The fraction of sp³-hybridized carbons (Fsp3) is 0.485. The maximum absolute atomic E-state index is 15.7. The highest BCUT2D eigenvalue weighted by molar-refractivity contribution is 5.83. The van der Waals surface area contributed by atoms with Crippen molar-refractivity contribution in [1.82, 2.24) is 9.78 Å². The third-order valence-electron chi connectivity index (χ3n) is 7.93. The number of aryl methyl sites for hydroxylation is 1. The lowest BCUT2D eigenvalue weighted by Crippen LogP contribution is -2.21. The number of hydrogen-bond donors (Lipinski definition) is 0. The highest BCUT2D eigenvalue weighted by Crippen LogP contribution is 2.39. The van der Waals surface area contributed by atoms with Crippen molar-refractivity contribution in [2.24, 2.45) is 11.8 Å². The quantitative estimate of drug-likeness (QED) is 0.247. The summed E-state index contributed by atoms with van der Waals surface area (Å²) in [5.41, 5.74) is 6.93. The zero-order valence-corrected chi connectivity index (χ0v) is 22.5. The van der Waals surface area contributed by atoms with Crippen molar-refractivity contribution in [3.05, 3.63) is 77.8 Å². The van der Waals surface area contributed by atoms with Gasteiger partial charge in [0, 0.05) is 28.9 Å². The van der Waals surface area contributed by atoms with Crippen LogP contribution in [0.4, 0.5) is 4.39 Å². The molecule has 1 saturated carbocycles. The molecule has 0 radical (unpaired) electrons. The van der Waals surface area contributed by atoms with Gasteiger partial charge in [0.25, 0.3) is 0 Å². The van der Waals surface area contributed by atoms with Crippen molar-refractivity contribution in [2.75, 3.05) is 0 Å². The Kier molecular flexibility index (Phi) is 9.18. The average molecular weight is 487 g/mol. The summed E-state index contributed by atoms with van der Waals surface area (Å²) in [4.78, 5) is 0. The van der Waals surface area contributed by atoms with E-state index in [9.17, 15) is 0 Å². The van der Waals surface area contributed by atoms with Gasteiger partial charge in [-0.05, 0) is 62.8 Å². The summed E-state index contributed by atoms with van der Waals surface area (Å²) in [6.07, 6.45) is 11.5. The molecule has 1 heterocycles. The van der Waals surface area contributed by atoms with Crippen LogP contribution in [0, 0.1) is 17.7 Å². The first-order valence-electron chi connectivity index (χ1n) is 14.1. The van der Waals surface area contributed by atoms with Gasteiger partial charge in [-0.1, -0.05) is 93.6 Å². The summed E-state index contributed by atoms with van der Waals surface area (Å²) in [7, 11) is 0. The molecule has 0 amide bonds. The molecule has 0 unspecified atom stereocenters. The van der Waals surface area contributed by atoms with Gasteiger partial charge >= 0.3 is 0 Å². The molecule has 1 aromatic heterocycles. The second-order valence-electron chi connectivity index (χ2n) is 10.8. The summed E-state index contributed by atoms with van der Waals surface area (Å²) in [6.45, 7) is 11.4. The summed E-state index contributed by atoms with van der Waals surface area (Å²) in [6, 6.07) is 16.2. The molecule has 4 rings (SSSR count). The smallest absolute Gasteiger partial charge is 0.134 e. The second-order valence-corrected chi connectivity index (χ2v) is 10.8. The van der Waals surface area contributed by atoms with Crippen LogP contribution in [-0.4, -0.2) is 9.78 Å². The Morgan fingerprint density at radius 2 is 1.72 bits per heavy atom. The molecule has 2 aromatic carbocycles. The van der Waals surface area contributed by atoms with Crippen molar-refractivity contribution >= 4 is 0 Å². The maximum atomic E-state index is 15.7. The van der Waals surface area contributed by atoms with Crippen LogP contribution in [0.1, 0.15) is 83.4 Å². The summed E-state index contributed by atoms with van der Waals surface area (Å²) in [5.74, 6) is 1.40. The van der Waals surface area contributed by atoms with Crippen LogP contribution in [0.2, 0.25) is 0 Å². The fourth-order valence-corrected chi connectivity index (χ4v) is 5.91. The number of aromatic nitrogens is 2. The third kappa shape index (κ3) is 6.17. The number of allylic oxidation sites excluding steroid dienone is 1. The Morgan fingerprint density at radius 1 is 1.00 bits per heavy atom. The molecule has 0 aliphatic heterocycles. The number of halogens is 1. The van der Waals surface area contributed by atoms with Gasteiger partial charge in [0.05, 0.1) is 0 Å². The SMILES string of the molecule is C=C(C)CCCC1CCC(Cn2nc(-c3ccccc3)c(-c3cccc(CC)c3F)c2CCC)CC1. The van der Waals surface area contributed by atoms with E-state index in [4.69, 9.17) is 5.10 Å². The lowest BCUT2D eigenvalue weighted by atomic mass is 9.79. The molecule has 1 fully saturated rings. The first-order chi connectivity index (χ1) is 17.5. The van der Waals surface area contributed by atoms with Crippen LogP contribution in [0.3, 0.4) is 0 Å². The topological polar surface area (TPSA) is 17.8 Å². The Morgan fingerprint density at radius 3 is 2.39 bits per heavy atom. The Labute approximate surface area is 217 Å². The predicted molar refractivity (Wildman–Crippen MR) is 151 cm³/mol. The summed E-state index contributed by atoms with van der Waals surface area (Å²) in [5, 5.41) is 5.19. The van der Waals surface area contributed by atoms with Crippen LogP contribution < -0.4 is 0 Å². The zero-order valence-electron chi connectivity index (χ0n) is 22.5. The van der Waals surface area contributed by atoms with Crippen molar-refractivity contribution < 1.29 is 4.39 Å². The second kappa shape index (κ2) is 12.5. The first-order valence-corrected chi connectivity index (χ1v) is 14.1. The van der Waals surface area contributed by atoms with Gasteiger partial charge in [0.2, 0.25) is 0 Å². The van der Waals surface area contributed by atoms with Crippen LogP contribution in [0.5, 0.6) is 0 Å². The molecule has 192 valence electrons. The molecule has 0 atom stereocenters. The van der Waals surface area contributed by atoms with Gasteiger partial charge in [0.15, 0.2) is 0 Å². The summed E-state index contributed by atoms with van der Waals surface area (Å²) >= 11 is 0. The molecular weight excluding hydrogens is 443 g/mol. The largest absolute Gasteiger partial charge is 0.268 e. The number of hydrogen-bond acceptors (Lipinski definition) is 1. The van der Waals surface area contributed by atoms with E-state index < -0.39 is 0 Å². The average Bonchev–Trinajstić information content (AvgIpc) is 3.23. The highest BCUT2D eigenvalue weighted by atomic mass is 19.1. The van der Waals surface area contributed by atoms with Crippen LogP contribution in [0.25, 0.3) is 22.4 Å². The van der Waals surface area contributed by atoms with Crippen LogP contribution in [-0.2, 0) is 19.4 Å². The molecule has 3 aromatic rings. The lowest BCUT2D eigenvalue weighted by molar-refractivity contribution is 0.233. The number of benzene rings is 2. The van der Waals surface area contributed by atoms with E-state index in [-0.39, 0.29) is 5.82 Å². The van der Waals surface area contributed by atoms with Crippen LogP contribution >= 0.6 is 0 Å². The van der Waals surface area contributed by atoms with Gasteiger partial charge in [-0.15, -0.1) is 6.58 Å². The van der Waals surface area contributed by atoms with Crippen molar-refractivity contribution in [3.8, 4) is 22.4 Å². The first kappa shape index (κ1) is 26.4. The molecule has 2 nitrogen and oxygen atoms in total. The van der Waals surface area contributed by atoms with E-state index in [1.807, 2.05) is 43.3 Å². The molecule has 1 aliphatic carbocycles. The minimum Gasteiger partial charge on any atom is -0.268 e. The van der Waals surface area contributed by atoms with Crippen molar-refractivity contribution in [1.29, 1.82) is 0 Å². The fourth-order valence-electron chi connectivity index (χ4n) is 5.91. The van der Waals surface area contributed by atoms with Gasteiger partial charge in [0.1, 0.15) is 11.5 Å². The number of rotatable bonds is 11. The maximum Gasteiger partial charge on any atom is 0.134 e. The standard InChI is InChI=1S/C33H43FN2/c1-5-12-30-31(29-18-11-17-27(6-2)32(29)34)33(28-15-8-7-9-16-28)35-36(30)23-26-21-19-25(20-22-26)14-10-13-24(3)4/h7-9,11,15-18,25-26H,3,5-6,10,12-14,19-23H2,1-2,4H3. The minimum atomic E-state index is -0.0932. The monoisotopic (exact) mass is 486 g/mol. The molecule has 0 N–H and O–H groups in total. The van der Waals surface area contributed by atoms with E-state index in [2.05, 4.69) is 37.2 Å². The predicted octanol–water partition coefficient (Wildman–Crippen LogP) is 9.42. The van der Waals surface area contributed by atoms with E-state index in [0.717, 1.165) is 54.1 Å². The van der Waals surface area contributed by atoms with Gasteiger partial charge in [-0.2, -0.15) is 5.10 Å².